The number of nitrogens with one attached hydrogen (secondary N) is 2. The number of rotatable bonds is 9. The molecule has 1 aromatic rings. The molecule has 26 heavy (non-hydrogen) atoms. The van der Waals surface area contributed by atoms with Crippen LogP contribution in [0.3, 0.4) is 0 Å². The molecule has 8 nitrogen and oxygen atoms in total. The van der Waals surface area contributed by atoms with Crippen LogP contribution in [0.2, 0.25) is 0 Å². The Hall–Kier alpha value is -2.35. The van der Waals surface area contributed by atoms with Gasteiger partial charge in [0.2, 0.25) is 5.88 Å². The van der Waals surface area contributed by atoms with E-state index in [-0.39, 0.29) is 24.7 Å². The molecule has 1 aromatic heterocycles. The third-order valence-electron chi connectivity index (χ3n) is 4.27. The maximum absolute atomic E-state index is 12.1. The molecule has 144 valence electrons. The van der Waals surface area contributed by atoms with Crippen LogP contribution in [0.5, 0.6) is 5.88 Å². The summed E-state index contributed by atoms with van der Waals surface area (Å²) in [7, 11) is 0. The van der Waals surface area contributed by atoms with E-state index in [0.717, 1.165) is 12.8 Å². The molecule has 0 radical (unpaired) electrons. The Morgan fingerprint density at radius 1 is 1.38 bits per heavy atom. The normalized spacial score (nSPS) is 19.1. The number of urea groups is 1. The van der Waals surface area contributed by atoms with Crippen molar-refractivity contribution in [1.29, 1.82) is 0 Å². The Kier molecular flexibility index (Phi) is 7.20. The van der Waals surface area contributed by atoms with E-state index in [1.54, 1.807) is 18.3 Å². The monoisotopic (exact) mass is 364 g/mol. The van der Waals surface area contributed by atoms with Crippen LogP contribution in [-0.2, 0) is 4.79 Å². The molecule has 0 aromatic carbocycles. The van der Waals surface area contributed by atoms with Crippen molar-refractivity contribution in [3.05, 3.63) is 18.3 Å². The maximum Gasteiger partial charge on any atom is 0.319 e. The third-order valence-corrected chi connectivity index (χ3v) is 4.27. The first-order chi connectivity index (χ1) is 12.4. The number of carboxylic acids is 1. The standard InChI is InChI=1S/C18H28N4O4/c1-4-22(10-17(23)24)15-7-14(8-15)21-18(25)20-13-5-6-16(19-9-13)26-11-12(2)3/h5-6,9,12,14-15H,4,7-8,10-11H2,1-3H3,(H,23,24)(H2,20,21,25). The molecular formula is C18H28N4O4. The number of carbonyl (C=O) groups excluding carboxylic acids is 1. The van der Waals surface area contributed by atoms with Crippen LogP contribution >= 0.6 is 0 Å². The van der Waals surface area contributed by atoms with Crippen LogP contribution in [0.1, 0.15) is 33.6 Å². The molecule has 2 amide bonds. The molecule has 1 aliphatic carbocycles. The van der Waals surface area contributed by atoms with E-state index in [9.17, 15) is 9.59 Å². The first-order valence-corrected chi connectivity index (χ1v) is 8.99. The zero-order valence-electron chi connectivity index (χ0n) is 15.6. The molecule has 0 spiro atoms. The number of amides is 2. The first-order valence-electron chi connectivity index (χ1n) is 8.99. The van der Waals surface area contributed by atoms with Gasteiger partial charge in [-0.25, -0.2) is 9.78 Å². The average Bonchev–Trinajstić information content (AvgIpc) is 2.55. The number of likely N-dealkylation sites (N-methyl/N-ethyl adjacent to an activating group) is 1. The van der Waals surface area contributed by atoms with Gasteiger partial charge >= 0.3 is 12.0 Å². The molecule has 0 saturated heterocycles. The summed E-state index contributed by atoms with van der Waals surface area (Å²) in [6.45, 7) is 7.39. The lowest BCUT2D eigenvalue weighted by atomic mass is 9.85. The van der Waals surface area contributed by atoms with Crippen LogP contribution in [0, 0.1) is 5.92 Å². The largest absolute Gasteiger partial charge is 0.480 e. The van der Waals surface area contributed by atoms with Gasteiger partial charge < -0.3 is 20.5 Å². The number of pyridine rings is 1. The molecule has 2 rings (SSSR count). The topological polar surface area (TPSA) is 104 Å². The van der Waals surface area contributed by atoms with Gasteiger partial charge in [0, 0.05) is 18.2 Å². The summed E-state index contributed by atoms with van der Waals surface area (Å²) >= 11 is 0. The van der Waals surface area contributed by atoms with Crippen molar-refractivity contribution in [2.75, 3.05) is 25.0 Å². The van der Waals surface area contributed by atoms with Crippen molar-refractivity contribution in [3.8, 4) is 5.88 Å². The molecule has 3 N–H and O–H groups in total. The number of hydrogen-bond acceptors (Lipinski definition) is 5. The second-order valence-corrected chi connectivity index (χ2v) is 6.97. The second kappa shape index (κ2) is 9.38. The van der Waals surface area contributed by atoms with E-state index >= 15 is 0 Å². The predicted molar refractivity (Wildman–Crippen MR) is 98.4 cm³/mol. The summed E-state index contributed by atoms with van der Waals surface area (Å²) in [6, 6.07) is 3.46. The Balaban J connectivity index is 1.72. The van der Waals surface area contributed by atoms with Crippen molar-refractivity contribution in [2.24, 2.45) is 5.92 Å². The van der Waals surface area contributed by atoms with Crippen molar-refractivity contribution < 1.29 is 19.4 Å². The lowest BCUT2D eigenvalue weighted by Crippen LogP contribution is -2.55. The Labute approximate surface area is 153 Å². The Bertz CT molecular complexity index is 600. The quantitative estimate of drug-likeness (QED) is 0.620. The number of ether oxygens (including phenoxy) is 1. The molecule has 8 heteroatoms. The molecule has 1 fully saturated rings. The number of aliphatic carboxylic acids is 1. The molecule has 1 heterocycles. The summed E-state index contributed by atoms with van der Waals surface area (Å²) in [5, 5.41) is 14.5. The number of aromatic nitrogens is 1. The van der Waals surface area contributed by atoms with Crippen LogP contribution in [0.4, 0.5) is 10.5 Å². The van der Waals surface area contributed by atoms with E-state index in [1.807, 2.05) is 11.8 Å². The minimum atomic E-state index is -0.825. The highest BCUT2D eigenvalue weighted by atomic mass is 16.5. The summed E-state index contributed by atoms with van der Waals surface area (Å²) in [6.07, 6.45) is 3.08. The van der Waals surface area contributed by atoms with Gasteiger partial charge in [0.1, 0.15) is 0 Å². The molecule has 0 aliphatic heterocycles. The number of carbonyl (C=O) groups is 2. The first kappa shape index (κ1) is 20.0. The van der Waals surface area contributed by atoms with Gasteiger partial charge in [-0.2, -0.15) is 0 Å². The molecule has 1 saturated carbocycles. The predicted octanol–water partition coefficient (Wildman–Crippen LogP) is 2.18. The van der Waals surface area contributed by atoms with E-state index in [4.69, 9.17) is 9.84 Å². The van der Waals surface area contributed by atoms with Gasteiger partial charge in [0.05, 0.1) is 25.0 Å². The lowest BCUT2D eigenvalue weighted by molar-refractivity contribution is -0.139. The van der Waals surface area contributed by atoms with Gasteiger partial charge in [-0.05, 0) is 31.4 Å². The van der Waals surface area contributed by atoms with Gasteiger partial charge in [0.25, 0.3) is 0 Å². The van der Waals surface area contributed by atoms with Crippen molar-refractivity contribution in [2.45, 2.75) is 45.7 Å². The number of carboxylic acid groups (broad SMARTS) is 1. The average molecular weight is 364 g/mol. The smallest absolute Gasteiger partial charge is 0.319 e. The van der Waals surface area contributed by atoms with E-state index in [0.29, 0.717) is 30.6 Å². The van der Waals surface area contributed by atoms with Crippen LogP contribution < -0.4 is 15.4 Å². The molecule has 0 atom stereocenters. The third kappa shape index (κ3) is 6.18. The SMILES string of the molecule is CCN(CC(=O)O)C1CC(NC(=O)Nc2ccc(OCC(C)C)nc2)C1. The summed E-state index contributed by atoms with van der Waals surface area (Å²) < 4.78 is 5.50. The minimum absolute atomic E-state index is 0.0387. The molecule has 0 unspecified atom stereocenters. The van der Waals surface area contributed by atoms with Crippen molar-refractivity contribution in [3.63, 3.8) is 0 Å². The summed E-state index contributed by atoms with van der Waals surface area (Å²) in [4.78, 5) is 29.0. The highest BCUT2D eigenvalue weighted by molar-refractivity contribution is 5.89. The van der Waals surface area contributed by atoms with Crippen molar-refractivity contribution in [1.82, 2.24) is 15.2 Å². The highest BCUT2D eigenvalue weighted by Gasteiger charge is 2.34. The highest BCUT2D eigenvalue weighted by Crippen LogP contribution is 2.25. The second-order valence-electron chi connectivity index (χ2n) is 6.97. The fourth-order valence-electron chi connectivity index (χ4n) is 2.82. The zero-order valence-corrected chi connectivity index (χ0v) is 15.6. The molecular weight excluding hydrogens is 336 g/mol. The fourth-order valence-corrected chi connectivity index (χ4v) is 2.82. The van der Waals surface area contributed by atoms with Crippen LogP contribution in [-0.4, -0.2) is 58.8 Å². The van der Waals surface area contributed by atoms with Gasteiger partial charge in [0.15, 0.2) is 0 Å². The Morgan fingerprint density at radius 2 is 2.12 bits per heavy atom. The van der Waals surface area contributed by atoms with Gasteiger partial charge in [-0.15, -0.1) is 0 Å². The van der Waals surface area contributed by atoms with Crippen molar-refractivity contribution >= 4 is 17.7 Å². The van der Waals surface area contributed by atoms with Crippen LogP contribution in [0.25, 0.3) is 0 Å². The fraction of sp³-hybridized carbons (Fsp3) is 0.611. The minimum Gasteiger partial charge on any atom is -0.480 e. The summed E-state index contributed by atoms with van der Waals surface area (Å²) in [5.41, 5.74) is 0.594. The summed E-state index contributed by atoms with van der Waals surface area (Å²) in [5.74, 6) is 0.129. The number of nitrogens with zero attached hydrogens (tertiary/aromatic N) is 2. The zero-order chi connectivity index (χ0) is 19.1. The van der Waals surface area contributed by atoms with E-state index < -0.39 is 5.97 Å². The van der Waals surface area contributed by atoms with Crippen LogP contribution in [0.15, 0.2) is 18.3 Å². The molecule has 1 aliphatic rings. The van der Waals surface area contributed by atoms with Gasteiger partial charge in [-0.3, -0.25) is 9.69 Å². The molecule has 0 bridgehead atoms. The van der Waals surface area contributed by atoms with E-state index in [2.05, 4.69) is 29.5 Å². The van der Waals surface area contributed by atoms with Gasteiger partial charge in [-0.1, -0.05) is 20.8 Å². The number of hydrogen-bond donors (Lipinski definition) is 3. The number of anilines is 1. The Morgan fingerprint density at radius 3 is 2.65 bits per heavy atom. The maximum atomic E-state index is 12.1. The van der Waals surface area contributed by atoms with E-state index in [1.165, 1.54) is 0 Å². The lowest BCUT2D eigenvalue weighted by Gasteiger charge is -2.42.